The highest BCUT2D eigenvalue weighted by Gasteiger charge is 2.54. The van der Waals surface area contributed by atoms with E-state index in [-0.39, 0.29) is 32.5 Å². The highest BCUT2D eigenvalue weighted by Crippen LogP contribution is 2.40. The summed E-state index contributed by atoms with van der Waals surface area (Å²) in [5, 5.41) is 17.6. The summed E-state index contributed by atoms with van der Waals surface area (Å²) in [4.78, 5) is 59.4. The van der Waals surface area contributed by atoms with Gasteiger partial charge in [-0.25, -0.2) is 14.6 Å². The van der Waals surface area contributed by atoms with Gasteiger partial charge in [-0.1, -0.05) is 28.1 Å². The van der Waals surface area contributed by atoms with Gasteiger partial charge >= 0.3 is 12.1 Å². The normalized spacial score (nSPS) is 20.1. The van der Waals surface area contributed by atoms with Crippen LogP contribution in [0.25, 0.3) is 0 Å². The number of nitrogens with one attached hydrogen (secondary N) is 2. The van der Waals surface area contributed by atoms with Crippen LogP contribution >= 0.6 is 46.3 Å². The maximum absolute atomic E-state index is 13.0. The number of rotatable bonds is 7. The Morgan fingerprint density at radius 1 is 1.34 bits per heavy atom. The second-order valence-corrected chi connectivity index (χ2v) is 11.1. The van der Waals surface area contributed by atoms with Crippen molar-refractivity contribution in [2.24, 2.45) is 5.16 Å². The van der Waals surface area contributed by atoms with Crippen LogP contribution in [-0.2, 0) is 24.0 Å². The van der Waals surface area contributed by atoms with E-state index in [1.165, 1.54) is 18.9 Å². The first-order valence-corrected chi connectivity index (χ1v) is 12.7. The lowest BCUT2D eigenvalue weighted by Gasteiger charge is -2.49. The summed E-state index contributed by atoms with van der Waals surface area (Å²) in [5.41, 5.74) is -0.923. The highest BCUT2D eigenvalue weighted by molar-refractivity contribution is 8.00. The SMILES string of the molecule is CO/N=C(\C(=O)N[C@@H]1C(=O)N2C(C(=O)O)=C(CCl)CS[C@H]12)c1nc(NC(=O)OC(C)(C)C)sc1Cl. The van der Waals surface area contributed by atoms with Gasteiger partial charge in [0.25, 0.3) is 11.8 Å². The van der Waals surface area contributed by atoms with Gasteiger partial charge in [-0.2, -0.15) is 0 Å². The van der Waals surface area contributed by atoms with Crippen molar-refractivity contribution in [1.29, 1.82) is 0 Å². The number of alkyl halides is 1. The first-order chi connectivity index (χ1) is 16.4. The predicted molar refractivity (Wildman–Crippen MR) is 131 cm³/mol. The fourth-order valence-electron chi connectivity index (χ4n) is 3.17. The van der Waals surface area contributed by atoms with Gasteiger partial charge in [0.2, 0.25) is 0 Å². The van der Waals surface area contributed by atoms with Gasteiger partial charge in [0.1, 0.15) is 39.9 Å². The van der Waals surface area contributed by atoms with Gasteiger partial charge in [0.05, 0.1) is 0 Å². The molecule has 1 saturated heterocycles. The van der Waals surface area contributed by atoms with Gasteiger partial charge in [0.15, 0.2) is 10.8 Å². The van der Waals surface area contributed by atoms with E-state index in [4.69, 9.17) is 32.8 Å². The zero-order valence-corrected chi connectivity index (χ0v) is 22.0. The van der Waals surface area contributed by atoms with Crippen LogP contribution in [0.15, 0.2) is 16.4 Å². The van der Waals surface area contributed by atoms with E-state index in [9.17, 15) is 24.3 Å². The van der Waals surface area contributed by atoms with E-state index in [1.54, 1.807) is 20.8 Å². The Bertz CT molecular complexity index is 1130. The zero-order chi connectivity index (χ0) is 26.1. The Hall–Kier alpha value is -2.55. The number of anilines is 1. The number of carboxylic acids is 1. The predicted octanol–water partition coefficient (Wildman–Crippen LogP) is 2.47. The Kier molecular flexibility index (Phi) is 8.19. The Labute approximate surface area is 218 Å². The summed E-state index contributed by atoms with van der Waals surface area (Å²) >= 11 is 14.2. The Morgan fingerprint density at radius 2 is 2.03 bits per heavy atom. The van der Waals surface area contributed by atoms with Crippen LogP contribution in [0.1, 0.15) is 26.5 Å². The molecule has 0 aliphatic carbocycles. The molecule has 0 radical (unpaired) electrons. The van der Waals surface area contributed by atoms with Crippen LogP contribution in [-0.4, -0.2) is 80.3 Å². The molecule has 0 spiro atoms. The molecule has 3 amide bonds. The Balaban J connectivity index is 1.77. The number of carbonyl (C=O) groups is 4. The minimum absolute atomic E-state index is 0.0264. The maximum atomic E-state index is 13.0. The van der Waals surface area contributed by atoms with E-state index < -0.39 is 40.9 Å². The molecule has 1 aromatic heterocycles. The van der Waals surface area contributed by atoms with Gasteiger partial charge in [0, 0.05) is 11.6 Å². The fraction of sp³-hybridized carbons (Fsp3) is 0.474. The largest absolute Gasteiger partial charge is 0.477 e. The number of aliphatic carboxylic acids is 1. The van der Waals surface area contributed by atoms with Crippen LogP contribution in [0.2, 0.25) is 4.34 Å². The van der Waals surface area contributed by atoms with Crippen molar-refractivity contribution in [1.82, 2.24) is 15.2 Å². The molecular formula is C19H21Cl2N5O7S2. The van der Waals surface area contributed by atoms with E-state index in [0.29, 0.717) is 11.3 Å². The second-order valence-electron chi connectivity index (χ2n) is 8.14. The van der Waals surface area contributed by atoms with E-state index >= 15 is 0 Å². The molecule has 3 N–H and O–H groups in total. The van der Waals surface area contributed by atoms with Crippen LogP contribution < -0.4 is 10.6 Å². The zero-order valence-electron chi connectivity index (χ0n) is 18.9. The number of β-lactam (4-membered cyclic amide) rings is 1. The van der Waals surface area contributed by atoms with Crippen LogP contribution in [0.4, 0.5) is 9.93 Å². The molecule has 0 unspecified atom stereocenters. The van der Waals surface area contributed by atoms with E-state index in [2.05, 4.69) is 20.8 Å². The smallest absolute Gasteiger partial charge is 0.413 e. The summed E-state index contributed by atoms with van der Waals surface area (Å²) in [5.74, 6) is -2.45. The second kappa shape index (κ2) is 10.6. The monoisotopic (exact) mass is 565 g/mol. The number of carboxylic acid groups (broad SMARTS) is 1. The van der Waals surface area contributed by atoms with Gasteiger partial charge in [-0.15, -0.1) is 23.4 Å². The number of ether oxygens (including phenoxy) is 1. The van der Waals surface area contributed by atoms with E-state index in [0.717, 1.165) is 16.2 Å². The Morgan fingerprint density at radius 3 is 2.60 bits per heavy atom. The number of nitrogens with zero attached hydrogens (tertiary/aromatic N) is 3. The molecule has 2 aliphatic rings. The molecule has 12 nitrogen and oxygen atoms in total. The van der Waals surface area contributed by atoms with Gasteiger partial charge in [-0.05, 0) is 26.3 Å². The first-order valence-electron chi connectivity index (χ1n) is 9.92. The van der Waals surface area contributed by atoms with Crippen molar-refractivity contribution < 1.29 is 33.9 Å². The third-order valence-corrected chi connectivity index (χ3v) is 7.35. The summed E-state index contributed by atoms with van der Waals surface area (Å²) in [6.07, 6.45) is -0.766. The van der Waals surface area contributed by atoms with Gasteiger partial charge in [-0.3, -0.25) is 19.8 Å². The molecule has 1 aromatic rings. The van der Waals surface area contributed by atoms with Crippen molar-refractivity contribution in [2.75, 3.05) is 24.1 Å². The molecule has 0 bridgehead atoms. The molecule has 3 rings (SSSR count). The van der Waals surface area contributed by atoms with Crippen LogP contribution in [0.3, 0.4) is 0 Å². The number of amides is 3. The number of oxime groups is 1. The molecule has 1 fully saturated rings. The van der Waals surface area contributed by atoms with Crippen molar-refractivity contribution in [3.63, 3.8) is 0 Å². The van der Waals surface area contributed by atoms with Crippen molar-refractivity contribution in [3.05, 3.63) is 21.3 Å². The molecule has 0 saturated carbocycles. The molecule has 35 heavy (non-hydrogen) atoms. The molecule has 2 atom stereocenters. The molecule has 0 aromatic carbocycles. The number of aromatic nitrogens is 1. The number of carbonyl (C=O) groups excluding carboxylic acids is 3. The number of thiazole rings is 1. The lowest BCUT2D eigenvalue weighted by Crippen LogP contribution is -2.71. The first kappa shape index (κ1) is 27.0. The lowest BCUT2D eigenvalue weighted by molar-refractivity contribution is -0.150. The lowest BCUT2D eigenvalue weighted by atomic mass is 10.0. The standard InChI is InChI=1S/C19H21Cl2N5O7S2/c1-19(2,3)33-18(31)24-17-23-8(12(21)35-17)9(25-32-4)13(27)22-10-14(28)26-11(16(29)30)7(5-20)6-34-15(10)26/h10,15H,5-6H2,1-4H3,(H,22,27)(H,29,30)(H,23,24,31)/b25-9-/t10-,15-/m1/s1. The minimum Gasteiger partial charge on any atom is -0.477 e. The number of fused-ring (bicyclic) bond motifs is 1. The summed E-state index contributed by atoms with van der Waals surface area (Å²) < 4.78 is 5.19. The quantitative estimate of drug-likeness (QED) is 0.195. The van der Waals surface area contributed by atoms with Crippen molar-refractivity contribution >= 4 is 81.0 Å². The van der Waals surface area contributed by atoms with Crippen molar-refractivity contribution in [3.8, 4) is 0 Å². The summed E-state index contributed by atoms with van der Waals surface area (Å²) in [7, 11) is 1.21. The molecule has 16 heteroatoms. The number of hydrogen-bond donors (Lipinski definition) is 3. The molecule has 3 heterocycles. The van der Waals surface area contributed by atoms with Crippen LogP contribution in [0, 0.1) is 0 Å². The minimum atomic E-state index is -1.27. The topological polar surface area (TPSA) is 160 Å². The number of halogens is 2. The fourth-order valence-corrected chi connectivity index (χ4v) is 5.88. The van der Waals surface area contributed by atoms with E-state index in [1.807, 2.05) is 0 Å². The number of thioether (sulfide) groups is 1. The molecule has 2 aliphatic heterocycles. The molecular weight excluding hydrogens is 545 g/mol. The molecule has 190 valence electrons. The average molecular weight is 566 g/mol. The third kappa shape index (κ3) is 5.82. The van der Waals surface area contributed by atoms with Crippen LogP contribution in [0.5, 0.6) is 0 Å². The van der Waals surface area contributed by atoms with Crippen molar-refractivity contribution in [2.45, 2.75) is 37.8 Å². The summed E-state index contributed by atoms with van der Waals surface area (Å²) in [6.45, 7) is 5.08. The highest BCUT2D eigenvalue weighted by atomic mass is 35.5. The maximum Gasteiger partial charge on any atom is 0.413 e. The summed E-state index contributed by atoms with van der Waals surface area (Å²) in [6, 6.07) is -1.02. The number of hydrogen-bond acceptors (Lipinski definition) is 10. The average Bonchev–Trinajstić information content (AvgIpc) is 3.11. The van der Waals surface area contributed by atoms with Gasteiger partial charge < -0.3 is 20.0 Å². The third-order valence-electron chi connectivity index (χ3n) is 4.51.